The van der Waals surface area contributed by atoms with E-state index in [1.54, 1.807) is 6.07 Å². The molecule has 0 fully saturated rings. The highest BCUT2D eigenvalue weighted by Gasteiger charge is 2.24. The molecule has 106 valence electrons. The summed E-state index contributed by atoms with van der Waals surface area (Å²) in [6.45, 7) is 5.91. The molecular weight excluding hydrogens is 261 g/mol. The Labute approximate surface area is 116 Å². The molecule has 0 saturated carbocycles. The third-order valence-corrected chi connectivity index (χ3v) is 2.88. The third kappa shape index (κ3) is 2.71. The smallest absolute Gasteiger partial charge is 0.337 e. The molecule has 0 N–H and O–H groups in total. The Hall–Kier alpha value is -2.17. The van der Waals surface area contributed by atoms with Crippen LogP contribution in [0.5, 0.6) is 0 Å². The van der Waals surface area contributed by atoms with E-state index in [4.69, 9.17) is 4.52 Å². The van der Waals surface area contributed by atoms with Crippen LogP contribution in [-0.4, -0.2) is 18.2 Å². The summed E-state index contributed by atoms with van der Waals surface area (Å²) in [5.74, 6) is -0.456. The van der Waals surface area contributed by atoms with Crippen molar-refractivity contribution in [3.8, 4) is 11.1 Å². The van der Waals surface area contributed by atoms with Gasteiger partial charge in [0.15, 0.2) is 0 Å². The van der Waals surface area contributed by atoms with E-state index in [1.165, 1.54) is 19.4 Å². The van der Waals surface area contributed by atoms with Gasteiger partial charge in [0.1, 0.15) is 11.6 Å². The number of esters is 1. The van der Waals surface area contributed by atoms with Crippen molar-refractivity contribution in [1.29, 1.82) is 0 Å². The van der Waals surface area contributed by atoms with Gasteiger partial charge in [-0.3, -0.25) is 0 Å². The normalized spacial score (nSPS) is 11.4. The molecule has 4 nitrogen and oxygen atoms in total. The van der Waals surface area contributed by atoms with Gasteiger partial charge < -0.3 is 9.26 Å². The van der Waals surface area contributed by atoms with Crippen LogP contribution in [0.3, 0.4) is 0 Å². The molecule has 0 spiro atoms. The fourth-order valence-electron chi connectivity index (χ4n) is 1.97. The first kappa shape index (κ1) is 14.2. The minimum Gasteiger partial charge on any atom is -0.465 e. The maximum Gasteiger partial charge on any atom is 0.337 e. The fourth-order valence-corrected chi connectivity index (χ4v) is 1.97. The van der Waals surface area contributed by atoms with Crippen molar-refractivity contribution in [2.24, 2.45) is 0 Å². The predicted molar refractivity (Wildman–Crippen MR) is 71.9 cm³/mol. The van der Waals surface area contributed by atoms with E-state index < -0.39 is 11.8 Å². The van der Waals surface area contributed by atoms with Gasteiger partial charge in [-0.25, -0.2) is 9.18 Å². The minimum absolute atomic E-state index is 0.156. The van der Waals surface area contributed by atoms with Crippen LogP contribution in [0.25, 0.3) is 11.1 Å². The lowest BCUT2D eigenvalue weighted by Crippen LogP contribution is -2.11. The number of carbonyl (C=O) groups excluding carboxylic acids is 1. The van der Waals surface area contributed by atoms with Crippen LogP contribution >= 0.6 is 0 Å². The molecule has 1 aromatic heterocycles. The first-order valence-electron chi connectivity index (χ1n) is 6.17. The Morgan fingerprint density at radius 1 is 1.30 bits per heavy atom. The van der Waals surface area contributed by atoms with Crippen molar-refractivity contribution in [3.05, 3.63) is 41.5 Å². The largest absolute Gasteiger partial charge is 0.465 e. The van der Waals surface area contributed by atoms with Gasteiger partial charge in [0, 0.05) is 11.0 Å². The second-order valence-corrected chi connectivity index (χ2v) is 5.54. The van der Waals surface area contributed by atoms with Crippen molar-refractivity contribution in [1.82, 2.24) is 5.16 Å². The highest BCUT2D eigenvalue weighted by molar-refractivity contribution is 5.91. The Kier molecular flexibility index (Phi) is 3.61. The molecule has 2 aromatic rings. The summed E-state index contributed by atoms with van der Waals surface area (Å²) in [7, 11) is 1.26. The second-order valence-electron chi connectivity index (χ2n) is 5.54. The Morgan fingerprint density at radius 3 is 2.60 bits per heavy atom. The maximum atomic E-state index is 13.7. The molecule has 0 atom stereocenters. The molecule has 0 bridgehead atoms. The topological polar surface area (TPSA) is 52.3 Å². The van der Waals surface area contributed by atoms with Gasteiger partial charge in [0.25, 0.3) is 0 Å². The first-order valence-corrected chi connectivity index (χ1v) is 6.17. The van der Waals surface area contributed by atoms with E-state index in [-0.39, 0.29) is 11.0 Å². The van der Waals surface area contributed by atoms with Crippen molar-refractivity contribution in [2.45, 2.75) is 26.2 Å². The van der Waals surface area contributed by atoms with Crippen LogP contribution in [0.15, 0.2) is 28.9 Å². The van der Waals surface area contributed by atoms with Crippen molar-refractivity contribution >= 4 is 5.97 Å². The van der Waals surface area contributed by atoms with Crippen molar-refractivity contribution in [3.63, 3.8) is 0 Å². The number of aromatic nitrogens is 1. The molecule has 0 aliphatic heterocycles. The van der Waals surface area contributed by atoms with Crippen molar-refractivity contribution < 1.29 is 18.4 Å². The van der Waals surface area contributed by atoms with Crippen LogP contribution in [-0.2, 0) is 10.2 Å². The zero-order chi connectivity index (χ0) is 14.9. The number of halogens is 1. The van der Waals surface area contributed by atoms with Gasteiger partial charge in [0.05, 0.1) is 18.9 Å². The number of hydrogen-bond donors (Lipinski definition) is 0. The Bertz CT molecular complexity index is 641. The lowest BCUT2D eigenvalue weighted by molar-refractivity contribution is 0.0600. The lowest BCUT2D eigenvalue weighted by Gasteiger charge is -2.16. The van der Waals surface area contributed by atoms with E-state index in [1.807, 2.05) is 20.8 Å². The summed E-state index contributed by atoms with van der Waals surface area (Å²) >= 11 is 0. The summed E-state index contributed by atoms with van der Waals surface area (Å²) < 4.78 is 23.6. The minimum atomic E-state index is -0.584. The van der Waals surface area contributed by atoms with Gasteiger partial charge in [-0.15, -0.1) is 0 Å². The number of methoxy groups -OCH3 is 1. The zero-order valence-electron chi connectivity index (χ0n) is 11.9. The average molecular weight is 277 g/mol. The van der Waals surface area contributed by atoms with Crippen LogP contribution in [0.1, 0.15) is 36.9 Å². The number of hydrogen-bond acceptors (Lipinski definition) is 4. The quantitative estimate of drug-likeness (QED) is 0.787. The van der Waals surface area contributed by atoms with Gasteiger partial charge in [-0.1, -0.05) is 25.9 Å². The molecule has 0 amide bonds. The summed E-state index contributed by atoms with van der Waals surface area (Å²) in [6, 6.07) is 4.05. The highest BCUT2D eigenvalue weighted by atomic mass is 19.1. The molecule has 0 saturated heterocycles. The van der Waals surface area contributed by atoms with E-state index >= 15 is 0 Å². The van der Waals surface area contributed by atoms with E-state index in [0.717, 1.165) is 6.07 Å². The molecule has 0 aliphatic carbocycles. The average Bonchev–Trinajstić information content (AvgIpc) is 2.86. The molecule has 1 aromatic carbocycles. The first-order chi connectivity index (χ1) is 9.32. The van der Waals surface area contributed by atoms with Crippen LogP contribution in [0.4, 0.5) is 4.39 Å². The monoisotopic (exact) mass is 277 g/mol. The SMILES string of the molecule is COC(=O)c1cc(F)cc(-c2cnoc2C(C)(C)C)c1. The number of ether oxygens (including phenoxy) is 1. The van der Waals surface area contributed by atoms with Crippen LogP contribution < -0.4 is 0 Å². The van der Waals surface area contributed by atoms with E-state index in [9.17, 15) is 9.18 Å². The van der Waals surface area contributed by atoms with E-state index in [2.05, 4.69) is 9.89 Å². The molecule has 2 rings (SSSR count). The van der Waals surface area contributed by atoms with Gasteiger partial charge in [0.2, 0.25) is 0 Å². The van der Waals surface area contributed by atoms with Crippen LogP contribution in [0, 0.1) is 5.82 Å². The lowest BCUT2D eigenvalue weighted by atomic mass is 9.88. The number of rotatable bonds is 2. The zero-order valence-corrected chi connectivity index (χ0v) is 11.9. The summed E-state index contributed by atoms with van der Waals surface area (Å²) in [6.07, 6.45) is 1.52. The molecule has 0 unspecified atom stereocenters. The summed E-state index contributed by atoms with van der Waals surface area (Å²) in [5.41, 5.74) is 1.09. The maximum absolute atomic E-state index is 13.7. The molecular formula is C15H16FNO3. The van der Waals surface area contributed by atoms with Gasteiger partial charge in [-0.2, -0.15) is 0 Å². The van der Waals surface area contributed by atoms with Gasteiger partial charge >= 0.3 is 5.97 Å². The standard InChI is InChI=1S/C15H16FNO3/c1-15(2,3)13-12(8-17-20-13)9-5-10(14(18)19-4)7-11(16)6-9/h5-8H,1-4H3. The third-order valence-electron chi connectivity index (χ3n) is 2.88. The summed E-state index contributed by atoms with van der Waals surface area (Å²) in [4.78, 5) is 11.5. The molecule has 5 heteroatoms. The molecule has 0 radical (unpaired) electrons. The number of benzene rings is 1. The van der Waals surface area contributed by atoms with E-state index in [0.29, 0.717) is 16.9 Å². The Morgan fingerprint density at radius 2 is 2.00 bits per heavy atom. The number of carbonyl (C=O) groups is 1. The number of nitrogens with zero attached hydrogens (tertiary/aromatic N) is 1. The molecule has 1 heterocycles. The Balaban J connectivity index is 2.57. The van der Waals surface area contributed by atoms with Crippen LogP contribution in [0.2, 0.25) is 0 Å². The molecule has 20 heavy (non-hydrogen) atoms. The fraction of sp³-hybridized carbons (Fsp3) is 0.333. The second kappa shape index (κ2) is 5.07. The van der Waals surface area contributed by atoms with Gasteiger partial charge in [-0.05, 0) is 23.8 Å². The summed E-state index contributed by atoms with van der Waals surface area (Å²) in [5, 5.41) is 3.78. The predicted octanol–water partition coefficient (Wildman–Crippen LogP) is 3.56. The highest BCUT2D eigenvalue weighted by Crippen LogP contribution is 2.33. The molecule has 0 aliphatic rings. The van der Waals surface area contributed by atoms with Crippen molar-refractivity contribution in [2.75, 3.05) is 7.11 Å².